The minimum Gasteiger partial charge on any atom is -0.382 e. The number of nitrogens with one attached hydrogen (secondary N) is 1. The van der Waals surface area contributed by atoms with Crippen LogP contribution in [0.1, 0.15) is 23.3 Å². The molecule has 3 heterocycles. The van der Waals surface area contributed by atoms with E-state index < -0.39 is 12.0 Å². The summed E-state index contributed by atoms with van der Waals surface area (Å²) in [6.07, 6.45) is 2.83. The monoisotopic (exact) mass is 491 g/mol. The Labute approximate surface area is 197 Å². The average molecular weight is 492 g/mol. The maximum atomic E-state index is 14.6. The Morgan fingerprint density at radius 3 is 2.85 bits per heavy atom. The largest absolute Gasteiger partial charge is 0.382 e. The average Bonchev–Trinajstić information content (AvgIpc) is 3.51. The van der Waals surface area contributed by atoms with Gasteiger partial charge in [0.25, 0.3) is 5.24 Å². The molecule has 7 nitrogen and oxygen atoms in total. The smallest absolute Gasteiger partial charge is 0.302 e. The van der Waals surface area contributed by atoms with Gasteiger partial charge >= 0.3 is 5.92 Å². The number of carbonyl (C=O) groups is 1. The molecule has 2 atom stereocenters. The van der Waals surface area contributed by atoms with Gasteiger partial charge in [0.15, 0.2) is 0 Å². The third-order valence-corrected chi connectivity index (χ3v) is 7.43. The number of thiophene rings is 1. The summed E-state index contributed by atoms with van der Waals surface area (Å²) < 4.78 is 29.1. The lowest BCUT2D eigenvalue weighted by Gasteiger charge is -2.33. The van der Waals surface area contributed by atoms with Crippen LogP contribution in [0.15, 0.2) is 54.6 Å². The quantitative estimate of drug-likeness (QED) is 0.428. The number of tetrazole rings is 1. The van der Waals surface area contributed by atoms with Crippen LogP contribution in [0.4, 0.5) is 13.6 Å². The number of hydrogen-bond acceptors (Lipinski definition) is 7. The normalized spacial score (nSPS) is 18.2. The zero-order valence-corrected chi connectivity index (χ0v) is 19.2. The number of benzene rings is 1. The van der Waals surface area contributed by atoms with Gasteiger partial charge in [0.05, 0.1) is 10.9 Å². The molecule has 1 saturated heterocycles. The van der Waals surface area contributed by atoms with Crippen LogP contribution in [0.3, 0.4) is 0 Å². The number of amides is 1. The number of aromatic amines is 1. The van der Waals surface area contributed by atoms with E-state index in [9.17, 15) is 18.7 Å². The lowest BCUT2D eigenvalue weighted by Crippen LogP contribution is -2.42. The fourth-order valence-electron chi connectivity index (χ4n) is 3.61. The molecule has 0 unspecified atom stereocenters. The van der Waals surface area contributed by atoms with Gasteiger partial charge in [0, 0.05) is 22.7 Å². The molecule has 4 rings (SSSR count). The second-order valence-electron chi connectivity index (χ2n) is 7.59. The van der Waals surface area contributed by atoms with Crippen molar-refractivity contribution >= 4 is 28.3 Å². The van der Waals surface area contributed by atoms with Crippen molar-refractivity contribution in [1.82, 2.24) is 25.5 Å². The molecule has 0 bridgehead atoms. The number of H-pyrrole nitrogens is 1. The van der Waals surface area contributed by atoms with E-state index >= 15 is 0 Å². The molecule has 1 aromatic carbocycles. The molecule has 2 aromatic heterocycles. The van der Waals surface area contributed by atoms with Gasteiger partial charge in [0.2, 0.25) is 5.82 Å². The SMILES string of the molecule is O=C1SCC[C@H](/C=C/[C@@H](O)C(F)(F)c2ccccc2)N1CCCc1ccc(-c2nn[nH]n2)s1. The molecule has 174 valence electrons. The standard InChI is InChI=1S/C22H23F2N5O2S2/c23-22(24,15-5-2-1-3-6-15)19(30)11-8-16-12-14-32-21(31)29(16)13-4-7-17-9-10-18(33-17)20-25-27-28-26-20/h1-3,5-6,8-11,16,19,30H,4,7,12-14H2,(H,25,26,27,28)/b11-8+/t16-,19+/m0/s1. The van der Waals surface area contributed by atoms with Crippen molar-refractivity contribution in [3.8, 4) is 10.7 Å². The molecule has 1 aliphatic heterocycles. The van der Waals surface area contributed by atoms with Crippen molar-refractivity contribution < 1.29 is 18.7 Å². The summed E-state index contributed by atoms with van der Waals surface area (Å²) in [6, 6.07) is 10.9. The van der Waals surface area contributed by atoms with Crippen LogP contribution in [0.2, 0.25) is 0 Å². The molecule has 1 amide bonds. The molecule has 11 heteroatoms. The summed E-state index contributed by atoms with van der Waals surface area (Å²) in [7, 11) is 0. The van der Waals surface area contributed by atoms with Crippen molar-refractivity contribution in [3.05, 3.63) is 65.1 Å². The van der Waals surface area contributed by atoms with E-state index in [4.69, 9.17) is 0 Å². The first-order chi connectivity index (χ1) is 15.9. The predicted molar refractivity (Wildman–Crippen MR) is 124 cm³/mol. The highest BCUT2D eigenvalue weighted by Crippen LogP contribution is 2.33. The van der Waals surface area contributed by atoms with E-state index in [1.54, 1.807) is 28.4 Å². The van der Waals surface area contributed by atoms with Crippen LogP contribution >= 0.6 is 23.1 Å². The number of thioether (sulfide) groups is 1. The minimum atomic E-state index is -3.41. The Morgan fingerprint density at radius 2 is 2.09 bits per heavy atom. The van der Waals surface area contributed by atoms with Crippen LogP contribution in [-0.2, 0) is 12.3 Å². The Balaban J connectivity index is 1.36. The molecule has 1 aliphatic rings. The number of aryl methyl sites for hydroxylation is 1. The van der Waals surface area contributed by atoms with Gasteiger partial charge in [-0.25, -0.2) is 0 Å². The molecule has 0 saturated carbocycles. The molecule has 3 aromatic rings. The fourth-order valence-corrected chi connectivity index (χ4v) is 5.51. The van der Waals surface area contributed by atoms with Crippen LogP contribution in [0.5, 0.6) is 0 Å². The molecule has 0 radical (unpaired) electrons. The first kappa shape index (κ1) is 23.5. The van der Waals surface area contributed by atoms with Gasteiger partial charge in [-0.15, -0.1) is 21.5 Å². The molecule has 1 fully saturated rings. The van der Waals surface area contributed by atoms with E-state index in [2.05, 4.69) is 20.6 Å². The summed E-state index contributed by atoms with van der Waals surface area (Å²) in [4.78, 5) is 16.2. The Hall–Kier alpha value is -2.63. The third kappa shape index (κ3) is 5.66. The fraction of sp³-hybridized carbons (Fsp3) is 0.364. The zero-order valence-electron chi connectivity index (χ0n) is 17.6. The van der Waals surface area contributed by atoms with Crippen LogP contribution in [0.25, 0.3) is 10.7 Å². The molecule has 33 heavy (non-hydrogen) atoms. The van der Waals surface area contributed by atoms with Crippen LogP contribution in [-0.4, -0.2) is 60.3 Å². The molecular formula is C22H23F2N5O2S2. The molecule has 2 N–H and O–H groups in total. The summed E-state index contributed by atoms with van der Waals surface area (Å²) >= 11 is 2.80. The molecular weight excluding hydrogens is 468 g/mol. The van der Waals surface area contributed by atoms with Gasteiger partial charge in [0.1, 0.15) is 6.10 Å². The number of halogens is 2. The van der Waals surface area contributed by atoms with Crippen molar-refractivity contribution in [2.45, 2.75) is 37.3 Å². The van der Waals surface area contributed by atoms with Gasteiger partial charge < -0.3 is 10.0 Å². The minimum absolute atomic E-state index is 0.0705. The van der Waals surface area contributed by atoms with Crippen molar-refractivity contribution in [3.63, 3.8) is 0 Å². The number of carbonyl (C=O) groups excluding carboxylic acids is 1. The second kappa shape index (κ2) is 10.5. The van der Waals surface area contributed by atoms with Crippen LogP contribution in [0, 0.1) is 0 Å². The summed E-state index contributed by atoms with van der Waals surface area (Å²) in [5.74, 6) is -2.25. The van der Waals surface area contributed by atoms with E-state index in [0.717, 1.165) is 28.7 Å². The van der Waals surface area contributed by atoms with Gasteiger partial charge in [-0.05, 0) is 36.6 Å². The van der Waals surface area contributed by atoms with Gasteiger partial charge in [-0.3, -0.25) is 4.79 Å². The van der Waals surface area contributed by atoms with E-state index in [-0.39, 0.29) is 16.8 Å². The number of aliphatic hydroxyl groups is 1. The van der Waals surface area contributed by atoms with Crippen molar-refractivity contribution in [1.29, 1.82) is 0 Å². The van der Waals surface area contributed by atoms with Gasteiger partial charge in [-0.2, -0.15) is 14.0 Å². The number of nitrogens with zero attached hydrogens (tertiary/aromatic N) is 4. The number of aromatic nitrogens is 4. The highest BCUT2D eigenvalue weighted by Gasteiger charge is 2.39. The third-order valence-electron chi connectivity index (χ3n) is 5.37. The predicted octanol–water partition coefficient (Wildman–Crippen LogP) is 4.50. The van der Waals surface area contributed by atoms with Gasteiger partial charge in [-0.1, -0.05) is 54.2 Å². The number of aliphatic hydroxyl groups excluding tert-OH is 1. The Kier molecular flexibility index (Phi) is 7.51. The molecule has 0 spiro atoms. The number of hydrogen-bond donors (Lipinski definition) is 2. The first-order valence-corrected chi connectivity index (χ1v) is 12.3. The maximum Gasteiger partial charge on any atom is 0.302 e. The lowest BCUT2D eigenvalue weighted by atomic mass is 10.0. The highest BCUT2D eigenvalue weighted by molar-refractivity contribution is 8.13. The van der Waals surface area contributed by atoms with E-state index in [0.29, 0.717) is 24.5 Å². The Bertz CT molecular complexity index is 1080. The summed E-state index contributed by atoms with van der Waals surface area (Å²) in [6.45, 7) is 0.501. The zero-order chi connectivity index (χ0) is 23.3. The topological polar surface area (TPSA) is 95.0 Å². The summed E-state index contributed by atoms with van der Waals surface area (Å²) in [5.41, 5.74) is -0.245. The second-order valence-corrected chi connectivity index (χ2v) is 9.80. The number of alkyl halides is 2. The number of rotatable bonds is 9. The highest BCUT2D eigenvalue weighted by atomic mass is 32.2. The van der Waals surface area contributed by atoms with Crippen LogP contribution < -0.4 is 0 Å². The molecule has 0 aliphatic carbocycles. The summed E-state index contributed by atoms with van der Waals surface area (Å²) in [5, 5.41) is 24.0. The first-order valence-electron chi connectivity index (χ1n) is 10.5. The maximum absolute atomic E-state index is 14.6. The lowest BCUT2D eigenvalue weighted by molar-refractivity contribution is -0.0929. The van der Waals surface area contributed by atoms with Crippen molar-refractivity contribution in [2.24, 2.45) is 0 Å². The van der Waals surface area contributed by atoms with Crippen molar-refractivity contribution in [2.75, 3.05) is 12.3 Å². The van der Waals surface area contributed by atoms with E-state index in [1.807, 2.05) is 12.1 Å². The Morgan fingerprint density at radius 1 is 1.27 bits per heavy atom. The van der Waals surface area contributed by atoms with E-state index in [1.165, 1.54) is 36.0 Å².